The monoisotopic (exact) mass is 232 g/mol. The van der Waals surface area contributed by atoms with Gasteiger partial charge >= 0.3 is 0 Å². The van der Waals surface area contributed by atoms with Crippen LogP contribution < -0.4 is 5.73 Å². The molecule has 0 bridgehead atoms. The second kappa shape index (κ2) is 4.56. The zero-order chi connectivity index (χ0) is 11.5. The zero-order valence-corrected chi connectivity index (χ0v) is 9.71. The number of fused-ring (bicyclic) bond motifs is 1. The third-order valence-corrected chi connectivity index (χ3v) is 3.17. The number of rotatable bonds is 3. The van der Waals surface area contributed by atoms with E-state index in [-0.39, 0.29) is 0 Å². The average Bonchev–Trinajstić information content (AvgIpc) is 2.67. The van der Waals surface area contributed by atoms with Crippen LogP contribution in [0.3, 0.4) is 0 Å². The molecule has 0 saturated heterocycles. The standard InChI is InChI=1S/C11H12N4S/c1-7-2-3-9-10(4-7)15-11(14-9)16-6-8(13)5-12/h2-4,8H,6,13H2,1H3,(H,14,15). The number of nitrogens with one attached hydrogen (secondary N) is 1. The summed E-state index contributed by atoms with van der Waals surface area (Å²) in [4.78, 5) is 7.61. The van der Waals surface area contributed by atoms with Crippen LogP contribution in [0, 0.1) is 18.3 Å². The van der Waals surface area contributed by atoms with Gasteiger partial charge in [-0.1, -0.05) is 17.8 Å². The van der Waals surface area contributed by atoms with E-state index in [1.165, 1.54) is 17.3 Å². The normalized spacial score (nSPS) is 12.6. The van der Waals surface area contributed by atoms with E-state index in [9.17, 15) is 0 Å². The van der Waals surface area contributed by atoms with Crippen molar-refractivity contribution < 1.29 is 0 Å². The average molecular weight is 232 g/mol. The lowest BCUT2D eigenvalue weighted by Gasteiger charge is -1.98. The summed E-state index contributed by atoms with van der Waals surface area (Å²) in [6.07, 6.45) is 0. The summed E-state index contributed by atoms with van der Waals surface area (Å²) in [5.41, 5.74) is 8.68. The van der Waals surface area contributed by atoms with Crippen molar-refractivity contribution in [1.82, 2.24) is 9.97 Å². The van der Waals surface area contributed by atoms with Crippen LogP contribution in [-0.2, 0) is 0 Å². The van der Waals surface area contributed by atoms with Gasteiger partial charge in [-0.3, -0.25) is 0 Å². The Morgan fingerprint density at radius 3 is 3.19 bits per heavy atom. The van der Waals surface area contributed by atoms with Crippen molar-refractivity contribution >= 4 is 22.8 Å². The van der Waals surface area contributed by atoms with Gasteiger partial charge in [0.1, 0.15) is 6.04 Å². The van der Waals surface area contributed by atoms with Crippen molar-refractivity contribution in [3.05, 3.63) is 23.8 Å². The van der Waals surface area contributed by atoms with Gasteiger partial charge in [0.05, 0.1) is 17.1 Å². The van der Waals surface area contributed by atoms with Gasteiger partial charge < -0.3 is 10.7 Å². The molecule has 1 aromatic heterocycles. The molecule has 1 aromatic carbocycles. The second-order valence-electron chi connectivity index (χ2n) is 3.61. The summed E-state index contributed by atoms with van der Waals surface area (Å²) in [7, 11) is 0. The second-order valence-corrected chi connectivity index (χ2v) is 4.62. The first-order chi connectivity index (χ1) is 7.69. The smallest absolute Gasteiger partial charge is 0.166 e. The maximum Gasteiger partial charge on any atom is 0.166 e. The summed E-state index contributed by atoms with van der Waals surface area (Å²) >= 11 is 1.47. The third kappa shape index (κ3) is 2.35. The van der Waals surface area contributed by atoms with E-state index in [1.807, 2.05) is 25.1 Å². The van der Waals surface area contributed by atoms with Crippen molar-refractivity contribution in [3.63, 3.8) is 0 Å². The van der Waals surface area contributed by atoms with Gasteiger partial charge in [0.2, 0.25) is 0 Å². The molecule has 0 fully saturated rings. The zero-order valence-electron chi connectivity index (χ0n) is 8.90. The Balaban J connectivity index is 2.17. The van der Waals surface area contributed by atoms with Crippen molar-refractivity contribution in [1.29, 1.82) is 5.26 Å². The van der Waals surface area contributed by atoms with E-state index < -0.39 is 6.04 Å². The quantitative estimate of drug-likeness (QED) is 0.791. The van der Waals surface area contributed by atoms with Crippen molar-refractivity contribution in [2.45, 2.75) is 18.1 Å². The number of hydrogen-bond acceptors (Lipinski definition) is 4. The van der Waals surface area contributed by atoms with E-state index in [4.69, 9.17) is 11.0 Å². The minimum atomic E-state index is -0.444. The number of nitrogens with two attached hydrogens (primary N) is 1. The van der Waals surface area contributed by atoms with Gasteiger partial charge in [0, 0.05) is 5.75 Å². The largest absolute Gasteiger partial charge is 0.333 e. The number of H-pyrrole nitrogens is 1. The van der Waals surface area contributed by atoms with Crippen LogP contribution in [0.2, 0.25) is 0 Å². The predicted octanol–water partition coefficient (Wildman–Crippen LogP) is 1.81. The fraction of sp³-hybridized carbons (Fsp3) is 0.273. The summed E-state index contributed by atoms with van der Waals surface area (Å²) in [5.74, 6) is 0.551. The molecule has 0 saturated carbocycles. The topological polar surface area (TPSA) is 78.5 Å². The molecule has 82 valence electrons. The Labute approximate surface area is 97.9 Å². The van der Waals surface area contributed by atoms with E-state index in [0.29, 0.717) is 5.75 Å². The van der Waals surface area contributed by atoms with Crippen LogP contribution in [0.5, 0.6) is 0 Å². The molecular weight excluding hydrogens is 220 g/mol. The van der Waals surface area contributed by atoms with Crippen LogP contribution in [0.25, 0.3) is 11.0 Å². The van der Waals surface area contributed by atoms with Gasteiger partial charge in [-0.05, 0) is 24.6 Å². The van der Waals surface area contributed by atoms with Gasteiger partial charge in [-0.2, -0.15) is 5.26 Å². The molecule has 16 heavy (non-hydrogen) atoms. The number of hydrogen-bond donors (Lipinski definition) is 2. The number of aromatic amines is 1. The Bertz CT molecular complexity index is 540. The fourth-order valence-electron chi connectivity index (χ4n) is 1.37. The van der Waals surface area contributed by atoms with E-state index >= 15 is 0 Å². The first-order valence-corrected chi connectivity index (χ1v) is 5.92. The SMILES string of the molecule is Cc1ccc2nc(SCC(N)C#N)[nH]c2c1. The van der Waals surface area contributed by atoms with Gasteiger partial charge in [0.25, 0.3) is 0 Å². The lowest BCUT2D eigenvalue weighted by Crippen LogP contribution is -2.19. The first-order valence-electron chi connectivity index (χ1n) is 4.93. The summed E-state index contributed by atoms with van der Waals surface area (Å²) < 4.78 is 0. The van der Waals surface area contributed by atoms with E-state index in [0.717, 1.165) is 16.2 Å². The number of aromatic nitrogens is 2. The summed E-state index contributed by atoms with van der Waals surface area (Å²) in [6.45, 7) is 2.04. The van der Waals surface area contributed by atoms with E-state index in [2.05, 4.69) is 16.0 Å². The molecule has 2 rings (SSSR count). The Morgan fingerprint density at radius 2 is 2.44 bits per heavy atom. The number of nitriles is 1. The van der Waals surface area contributed by atoms with Gasteiger partial charge in [-0.15, -0.1) is 0 Å². The lowest BCUT2D eigenvalue weighted by atomic mass is 10.2. The molecule has 1 unspecified atom stereocenters. The third-order valence-electron chi connectivity index (χ3n) is 2.18. The molecule has 1 atom stereocenters. The number of benzene rings is 1. The molecule has 3 N–H and O–H groups in total. The van der Waals surface area contributed by atoms with Crippen molar-refractivity contribution in [2.24, 2.45) is 5.73 Å². The van der Waals surface area contributed by atoms with E-state index in [1.54, 1.807) is 0 Å². The van der Waals surface area contributed by atoms with Crippen LogP contribution in [0.4, 0.5) is 0 Å². The molecular formula is C11H12N4S. The van der Waals surface area contributed by atoms with Crippen LogP contribution in [-0.4, -0.2) is 21.8 Å². The predicted molar refractivity (Wildman–Crippen MR) is 65.1 cm³/mol. The molecule has 0 spiro atoms. The number of thioether (sulfide) groups is 1. The Morgan fingerprint density at radius 1 is 1.62 bits per heavy atom. The molecule has 0 aliphatic heterocycles. The number of nitrogens with zero attached hydrogens (tertiary/aromatic N) is 2. The molecule has 1 heterocycles. The Hall–Kier alpha value is -1.51. The highest BCUT2D eigenvalue weighted by Gasteiger charge is 2.06. The number of aryl methyl sites for hydroxylation is 1. The molecule has 0 aliphatic carbocycles. The maximum absolute atomic E-state index is 8.57. The van der Waals surface area contributed by atoms with Crippen LogP contribution >= 0.6 is 11.8 Å². The molecule has 0 amide bonds. The minimum absolute atomic E-state index is 0.444. The fourth-order valence-corrected chi connectivity index (χ4v) is 2.13. The molecule has 0 radical (unpaired) electrons. The molecule has 5 heteroatoms. The van der Waals surface area contributed by atoms with Gasteiger partial charge in [-0.25, -0.2) is 4.98 Å². The molecule has 0 aliphatic rings. The van der Waals surface area contributed by atoms with Crippen molar-refractivity contribution in [2.75, 3.05) is 5.75 Å². The van der Waals surface area contributed by atoms with Gasteiger partial charge in [0.15, 0.2) is 5.16 Å². The first kappa shape index (κ1) is 11.0. The van der Waals surface area contributed by atoms with Crippen molar-refractivity contribution in [3.8, 4) is 6.07 Å². The Kier molecular flexibility index (Phi) is 3.13. The molecule has 2 aromatic rings. The lowest BCUT2D eigenvalue weighted by molar-refractivity contribution is 0.946. The molecule has 4 nitrogen and oxygen atoms in total. The highest BCUT2D eigenvalue weighted by Crippen LogP contribution is 2.20. The van der Waals surface area contributed by atoms with Crippen LogP contribution in [0.15, 0.2) is 23.4 Å². The maximum atomic E-state index is 8.57. The highest BCUT2D eigenvalue weighted by atomic mass is 32.2. The van der Waals surface area contributed by atoms with Crippen LogP contribution in [0.1, 0.15) is 5.56 Å². The number of imidazole rings is 1. The summed E-state index contributed by atoms with van der Waals surface area (Å²) in [5, 5.41) is 9.38. The summed E-state index contributed by atoms with van der Waals surface area (Å²) in [6, 6.07) is 7.61. The minimum Gasteiger partial charge on any atom is -0.333 e. The highest BCUT2D eigenvalue weighted by molar-refractivity contribution is 7.99.